The first-order valence-electron chi connectivity index (χ1n) is 2.17. The summed E-state index contributed by atoms with van der Waals surface area (Å²) in [6.45, 7) is 2.12. The Morgan fingerprint density at radius 3 is 2.62 bits per heavy atom. The van der Waals surface area contributed by atoms with Crippen LogP contribution in [0.2, 0.25) is 0 Å². The molecule has 0 aliphatic carbocycles. The molecule has 0 rings (SSSR count). The van der Waals surface area contributed by atoms with E-state index in [2.05, 4.69) is 0 Å². The Labute approximate surface area is 59.2 Å². The van der Waals surface area contributed by atoms with Gasteiger partial charge < -0.3 is 4.74 Å². The van der Waals surface area contributed by atoms with E-state index in [0.29, 0.717) is 0 Å². The van der Waals surface area contributed by atoms with Crippen LogP contribution in [0.25, 0.3) is 0 Å². The molecule has 1 radical (unpaired) electrons. The fraction of sp³-hybridized carbons (Fsp3) is 0.400. The highest BCUT2D eigenvalue weighted by atomic mass is 35.5. The minimum atomic E-state index is 0.239. The maximum atomic E-state index is 5.24. The first-order chi connectivity index (χ1) is 3.77. The van der Waals surface area contributed by atoms with Crippen LogP contribution in [0.1, 0.15) is 6.92 Å². The van der Waals surface area contributed by atoms with Crippen LogP contribution in [-0.2, 0) is 4.74 Å². The highest BCUT2D eigenvalue weighted by molar-refractivity contribution is 6.52. The van der Waals surface area contributed by atoms with E-state index in [-0.39, 0.29) is 11.4 Å². The molecule has 0 unspecified atom stereocenters. The monoisotopic (exact) mass is 153 g/mol. The molecule has 1 nitrogen and oxygen atoms in total. The Kier molecular flexibility index (Phi) is 5.34. The summed E-state index contributed by atoms with van der Waals surface area (Å²) in [5.41, 5.74) is 0. The van der Waals surface area contributed by atoms with Crippen molar-refractivity contribution < 1.29 is 4.74 Å². The average Bonchev–Trinajstić information content (AvgIpc) is 1.66. The average molecular weight is 154 g/mol. The Bertz CT molecular complexity index is 70.8. The first-order valence-corrected chi connectivity index (χ1v) is 2.92. The van der Waals surface area contributed by atoms with Crippen molar-refractivity contribution in [2.24, 2.45) is 0 Å². The van der Waals surface area contributed by atoms with Crippen LogP contribution in [0.3, 0.4) is 0 Å². The van der Waals surface area contributed by atoms with E-state index in [1.807, 2.05) is 6.92 Å². The summed E-state index contributed by atoms with van der Waals surface area (Å²) < 4.78 is 4.76. The molecule has 0 aliphatic heterocycles. The van der Waals surface area contributed by atoms with Gasteiger partial charge in [-0.05, 0) is 6.92 Å². The maximum absolute atomic E-state index is 5.24. The first kappa shape index (κ1) is 8.12. The summed E-state index contributed by atoms with van der Waals surface area (Å²) in [5.74, 6) is 0. The second-order valence-corrected chi connectivity index (χ2v) is 2.23. The number of hydrogen-bond donors (Lipinski definition) is 0. The Morgan fingerprint density at radius 2 is 2.25 bits per heavy atom. The summed E-state index contributed by atoms with van der Waals surface area (Å²) in [4.78, 5) is 0.239. The third-order valence-corrected chi connectivity index (χ3v) is 0.643. The van der Waals surface area contributed by atoms with E-state index in [9.17, 15) is 0 Å². The van der Waals surface area contributed by atoms with Gasteiger partial charge in [-0.1, -0.05) is 29.3 Å². The second-order valence-electron chi connectivity index (χ2n) is 1.12. The van der Waals surface area contributed by atoms with Crippen molar-refractivity contribution in [2.45, 2.75) is 6.92 Å². The van der Waals surface area contributed by atoms with E-state index in [1.54, 1.807) is 6.08 Å². The summed E-state index contributed by atoms with van der Waals surface area (Å²) in [6, 6.07) is 0. The third kappa shape index (κ3) is 6.12. The van der Waals surface area contributed by atoms with E-state index in [0.717, 1.165) is 0 Å². The molecule has 0 aliphatic rings. The quantitative estimate of drug-likeness (QED) is 0.567. The molecule has 0 aromatic heterocycles. The van der Waals surface area contributed by atoms with E-state index >= 15 is 0 Å². The normalized spacial score (nSPS) is 11.0. The van der Waals surface area contributed by atoms with Crippen LogP contribution in [0.15, 0.2) is 12.3 Å². The fourth-order valence-electron chi connectivity index (χ4n) is 0.207. The third-order valence-electron chi connectivity index (χ3n) is 0.425. The Morgan fingerprint density at radius 1 is 1.62 bits per heavy atom. The Balaban J connectivity index is 2.93. The van der Waals surface area contributed by atoms with Crippen LogP contribution in [-0.4, -0.2) is 6.61 Å². The minimum Gasteiger partial charge on any atom is -0.498 e. The van der Waals surface area contributed by atoms with Crippen molar-refractivity contribution in [1.82, 2.24) is 0 Å². The molecular weight excluding hydrogens is 147 g/mol. The highest BCUT2D eigenvalue weighted by Crippen LogP contribution is 2.10. The smallest absolute Gasteiger partial charge is 0.187 e. The molecule has 0 N–H and O–H groups in total. The number of halogens is 2. The molecule has 3 heteroatoms. The van der Waals surface area contributed by atoms with E-state index in [4.69, 9.17) is 27.9 Å². The molecular formula is C5H7Cl2O. The van der Waals surface area contributed by atoms with Crippen LogP contribution in [0.5, 0.6) is 0 Å². The molecule has 0 aromatic carbocycles. The van der Waals surface area contributed by atoms with Crippen molar-refractivity contribution in [3.63, 3.8) is 0 Å². The van der Waals surface area contributed by atoms with Gasteiger partial charge in [-0.2, -0.15) is 0 Å². The number of hydrogen-bond acceptors (Lipinski definition) is 1. The lowest BCUT2D eigenvalue weighted by molar-refractivity contribution is 0.280. The van der Waals surface area contributed by atoms with Crippen LogP contribution < -0.4 is 0 Å². The lowest BCUT2D eigenvalue weighted by Gasteiger charge is -1.96. The molecule has 0 bridgehead atoms. The van der Waals surface area contributed by atoms with Gasteiger partial charge in [0.25, 0.3) is 0 Å². The van der Waals surface area contributed by atoms with Gasteiger partial charge in [0.05, 0.1) is 6.26 Å². The fourth-order valence-corrected chi connectivity index (χ4v) is 0.333. The van der Waals surface area contributed by atoms with Crippen molar-refractivity contribution in [1.29, 1.82) is 0 Å². The molecule has 0 atom stereocenters. The molecule has 8 heavy (non-hydrogen) atoms. The lowest BCUT2D eigenvalue weighted by Crippen LogP contribution is -1.87. The molecule has 0 fully saturated rings. The van der Waals surface area contributed by atoms with Gasteiger partial charge in [0.15, 0.2) is 4.84 Å². The van der Waals surface area contributed by atoms with Gasteiger partial charge in [-0.15, -0.1) is 0 Å². The lowest BCUT2D eigenvalue weighted by atomic mass is 10.7. The zero-order valence-corrected chi connectivity index (χ0v) is 6.04. The van der Waals surface area contributed by atoms with Gasteiger partial charge >= 0.3 is 0 Å². The Hall–Kier alpha value is 0.120. The van der Waals surface area contributed by atoms with Crippen molar-refractivity contribution in [2.75, 3.05) is 6.61 Å². The zero-order chi connectivity index (χ0) is 6.41. The molecule has 0 aromatic rings. The predicted octanol–water partition coefficient (Wildman–Crippen LogP) is 2.50. The number of ether oxygens (including phenoxy) is 1. The highest BCUT2D eigenvalue weighted by Gasteiger charge is 1.95. The molecule has 0 heterocycles. The summed E-state index contributed by atoms with van der Waals surface area (Å²) in [7, 11) is 0. The van der Waals surface area contributed by atoms with Crippen LogP contribution >= 0.6 is 23.2 Å². The SMILES string of the molecule is C/C=C\OC[C](Cl)Cl. The predicted molar refractivity (Wildman–Crippen MR) is 35.7 cm³/mol. The standard InChI is InChI=1S/C5H7Cl2O/c1-2-3-8-4-5(6)7/h2-3H,4H2,1H3/b3-2-. The van der Waals surface area contributed by atoms with Gasteiger partial charge in [0, 0.05) is 0 Å². The maximum Gasteiger partial charge on any atom is 0.187 e. The van der Waals surface area contributed by atoms with Crippen molar-refractivity contribution in [3.8, 4) is 0 Å². The van der Waals surface area contributed by atoms with Gasteiger partial charge in [-0.25, -0.2) is 0 Å². The topological polar surface area (TPSA) is 9.23 Å². The summed E-state index contributed by atoms with van der Waals surface area (Å²) >= 11 is 10.5. The van der Waals surface area contributed by atoms with Crippen molar-refractivity contribution >= 4 is 23.2 Å². The van der Waals surface area contributed by atoms with E-state index in [1.165, 1.54) is 6.26 Å². The second kappa shape index (κ2) is 5.26. The molecule has 0 amide bonds. The number of rotatable bonds is 3. The largest absolute Gasteiger partial charge is 0.498 e. The van der Waals surface area contributed by atoms with Crippen LogP contribution in [0.4, 0.5) is 0 Å². The van der Waals surface area contributed by atoms with Crippen molar-refractivity contribution in [3.05, 3.63) is 17.2 Å². The summed E-state index contributed by atoms with van der Waals surface area (Å²) in [6.07, 6.45) is 3.29. The molecule has 0 saturated carbocycles. The van der Waals surface area contributed by atoms with Gasteiger partial charge in [0.2, 0.25) is 0 Å². The minimum absolute atomic E-state index is 0.239. The molecule has 47 valence electrons. The van der Waals surface area contributed by atoms with Gasteiger partial charge in [-0.3, -0.25) is 0 Å². The van der Waals surface area contributed by atoms with Gasteiger partial charge in [0.1, 0.15) is 6.61 Å². The zero-order valence-electron chi connectivity index (χ0n) is 4.53. The number of allylic oxidation sites excluding steroid dienone is 1. The molecule has 0 spiro atoms. The van der Waals surface area contributed by atoms with E-state index < -0.39 is 0 Å². The molecule has 0 saturated heterocycles. The summed E-state index contributed by atoms with van der Waals surface area (Å²) in [5, 5.41) is 0. The van der Waals surface area contributed by atoms with Crippen LogP contribution in [0, 0.1) is 4.84 Å².